The Morgan fingerprint density at radius 3 is 2.26 bits per heavy atom. The summed E-state index contributed by atoms with van der Waals surface area (Å²) in [5.74, 6) is 3.05. The normalized spacial score (nSPS) is 36.9. The molecule has 19 heavy (non-hydrogen) atoms. The molecule has 1 nitrogen and oxygen atoms in total. The maximum absolute atomic E-state index is 3.90. The fourth-order valence-electron chi connectivity index (χ4n) is 4.74. The molecule has 0 spiro atoms. The topological polar surface area (TPSA) is 12.0 Å². The molecule has 2 saturated carbocycles. The van der Waals surface area contributed by atoms with Gasteiger partial charge in [0.2, 0.25) is 0 Å². The van der Waals surface area contributed by atoms with Crippen molar-refractivity contribution in [1.29, 1.82) is 0 Å². The molecule has 0 aliphatic heterocycles. The zero-order valence-corrected chi connectivity index (χ0v) is 13.3. The minimum Gasteiger partial charge on any atom is -0.314 e. The van der Waals surface area contributed by atoms with Crippen LogP contribution in [0.15, 0.2) is 0 Å². The van der Waals surface area contributed by atoms with Gasteiger partial charge in [-0.1, -0.05) is 58.8 Å². The molecule has 0 heterocycles. The molecule has 4 unspecified atom stereocenters. The monoisotopic (exact) mass is 265 g/mol. The Balaban J connectivity index is 2.02. The van der Waals surface area contributed by atoms with Crippen molar-refractivity contribution in [2.45, 2.75) is 90.5 Å². The standard InChI is InChI=1S/C18H35N/c1-3-14-19-18-13-7-5-6-12-17(18)16-11-9-8-10-15(16)4-2/h15-19H,3-14H2,1-2H3. The Labute approximate surface area is 120 Å². The summed E-state index contributed by atoms with van der Waals surface area (Å²) in [6.45, 7) is 5.95. The van der Waals surface area contributed by atoms with Crippen LogP contribution in [0.25, 0.3) is 0 Å². The largest absolute Gasteiger partial charge is 0.314 e. The second-order valence-electron chi connectivity index (χ2n) is 6.98. The molecule has 0 amide bonds. The Morgan fingerprint density at radius 2 is 1.47 bits per heavy atom. The van der Waals surface area contributed by atoms with Crippen molar-refractivity contribution in [2.24, 2.45) is 17.8 Å². The minimum absolute atomic E-state index is 0.833. The van der Waals surface area contributed by atoms with Gasteiger partial charge in [-0.3, -0.25) is 0 Å². The third kappa shape index (κ3) is 4.21. The SMILES string of the molecule is CCCNC1CCCCCC1C1CCCCC1CC. The summed E-state index contributed by atoms with van der Waals surface area (Å²) in [4.78, 5) is 0. The van der Waals surface area contributed by atoms with Gasteiger partial charge >= 0.3 is 0 Å². The van der Waals surface area contributed by atoms with Crippen LogP contribution in [0.1, 0.15) is 84.5 Å². The van der Waals surface area contributed by atoms with Gasteiger partial charge in [0.05, 0.1) is 0 Å². The second kappa shape index (κ2) is 8.29. The minimum atomic E-state index is 0.833. The van der Waals surface area contributed by atoms with Crippen molar-refractivity contribution < 1.29 is 0 Å². The van der Waals surface area contributed by atoms with E-state index in [1.807, 2.05) is 0 Å². The first-order chi connectivity index (χ1) is 9.36. The summed E-state index contributed by atoms with van der Waals surface area (Å²) in [5.41, 5.74) is 0. The summed E-state index contributed by atoms with van der Waals surface area (Å²) in [6.07, 6.45) is 16.1. The predicted octanol–water partition coefficient (Wildman–Crippen LogP) is 5.15. The lowest BCUT2D eigenvalue weighted by molar-refractivity contribution is 0.118. The van der Waals surface area contributed by atoms with Crippen molar-refractivity contribution in [3.8, 4) is 0 Å². The molecule has 4 atom stereocenters. The number of nitrogens with one attached hydrogen (secondary N) is 1. The van der Waals surface area contributed by atoms with Crippen LogP contribution in [0.3, 0.4) is 0 Å². The van der Waals surface area contributed by atoms with Crippen molar-refractivity contribution in [3.05, 3.63) is 0 Å². The van der Waals surface area contributed by atoms with E-state index in [-0.39, 0.29) is 0 Å². The van der Waals surface area contributed by atoms with Crippen LogP contribution in [-0.2, 0) is 0 Å². The maximum atomic E-state index is 3.90. The van der Waals surface area contributed by atoms with E-state index in [1.165, 1.54) is 77.2 Å². The fraction of sp³-hybridized carbons (Fsp3) is 1.00. The molecule has 0 aromatic rings. The van der Waals surface area contributed by atoms with Crippen molar-refractivity contribution in [1.82, 2.24) is 5.32 Å². The molecule has 112 valence electrons. The van der Waals surface area contributed by atoms with Gasteiger partial charge in [-0.2, -0.15) is 0 Å². The third-order valence-electron chi connectivity index (χ3n) is 5.77. The van der Waals surface area contributed by atoms with Gasteiger partial charge in [0.25, 0.3) is 0 Å². The number of hydrogen-bond donors (Lipinski definition) is 1. The Kier molecular flexibility index (Phi) is 6.70. The smallest absolute Gasteiger partial charge is 0.00980 e. The summed E-state index contributed by atoms with van der Waals surface area (Å²) in [6, 6.07) is 0.833. The van der Waals surface area contributed by atoms with Crippen molar-refractivity contribution >= 4 is 0 Å². The molecule has 1 heteroatoms. The molecule has 0 bridgehead atoms. The van der Waals surface area contributed by atoms with Crippen LogP contribution in [0.5, 0.6) is 0 Å². The lowest BCUT2D eigenvalue weighted by Gasteiger charge is -2.40. The highest BCUT2D eigenvalue weighted by Gasteiger charge is 2.35. The molecule has 1 N–H and O–H groups in total. The highest BCUT2D eigenvalue weighted by Crippen LogP contribution is 2.42. The average Bonchev–Trinajstić information content (AvgIpc) is 2.70. The fourth-order valence-corrected chi connectivity index (χ4v) is 4.74. The van der Waals surface area contributed by atoms with E-state index in [0.29, 0.717) is 0 Å². The lowest BCUT2D eigenvalue weighted by atomic mass is 9.68. The first kappa shape index (κ1) is 15.4. The molecular formula is C18H35N. The molecule has 2 aliphatic rings. The van der Waals surface area contributed by atoms with E-state index in [9.17, 15) is 0 Å². The van der Waals surface area contributed by atoms with Gasteiger partial charge in [0.1, 0.15) is 0 Å². The lowest BCUT2D eigenvalue weighted by Crippen LogP contribution is -2.42. The number of rotatable bonds is 5. The molecule has 2 fully saturated rings. The Morgan fingerprint density at radius 1 is 0.789 bits per heavy atom. The third-order valence-corrected chi connectivity index (χ3v) is 5.77. The van der Waals surface area contributed by atoms with E-state index in [4.69, 9.17) is 0 Å². The average molecular weight is 265 g/mol. The van der Waals surface area contributed by atoms with E-state index in [0.717, 1.165) is 23.8 Å². The second-order valence-corrected chi connectivity index (χ2v) is 6.98. The van der Waals surface area contributed by atoms with Gasteiger partial charge in [-0.05, 0) is 50.0 Å². The van der Waals surface area contributed by atoms with Crippen LogP contribution < -0.4 is 5.32 Å². The molecule has 0 aromatic heterocycles. The van der Waals surface area contributed by atoms with Crippen molar-refractivity contribution in [3.63, 3.8) is 0 Å². The van der Waals surface area contributed by atoms with E-state index >= 15 is 0 Å². The van der Waals surface area contributed by atoms with Crippen LogP contribution in [-0.4, -0.2) is 12.6 Å². The number of hydrogen-bond acceptors (Lipinski definition) is 1. The summed E-state index contributed by atoms with van der Waals surface area (Å²) in [7, 11) is 0. The van der Waals surface area contributed by atoms with E-state index in [1.54, 1.807) is 0 Å². The van der Waals surface area contributed by atoms with Crippen LogP contribution in [0.4, 0.5) is 0 Å². The molecule has 0 radical (unpaired) electrons. The zero-order chi connectivity index (χ0) is 13.5. The maximum Gasteiger partial charge on any atom is 0.00980 e. The first-order valence-electron chi connectivity index (χ1n) is 9.10. The Bertz CT molecular complexity index is 238. The summed E-state index contributed by atoms with van der Waals surface area (Å²) >= 11 is 0. The van der Waals surface area contributed by atoms with Gasteiger partial charge in [0, 0.05) is 6.04 Å². The zero-order valence-electron chi connectivity index (χ0n) is 13.3. The van der Waals surface area contributed by atoms with Crippen LogP contribution in [0.2, 0.25) is 0 Å². The van der Waals surface area contributed by atoms with Gasteiger partial charge in [-0.25, -0.2) is 0 Å². The first-order valence-corrected chi connectivity index (χ1v) is 9.10. The predicted molar refractivity (Wildman–Crippen MR) is 84.4 cm³/mol. The summed E-state index contributed by atoms with van der Waals surface area (Å²) in [5, 5.41) is 3.90. The summed E-state index contributed by atoms with van der Waals surface area (Å²) < 4.78 is 0. The highest BCUT2D eigenvalue weighted by atomic mass is 14.9. The molecule has 2 aliphatic carbocycles. The molecular weight excluding hydrogens is 230 g/mol. The van der Waals surface area contributed by atoms with Gasteiger partial charge < -0.3 is 5.32 Å². The molecule has 0 saturated heterocycles. The molecule has 0 aromatic carbocycles. The van der Waals surface area contributed by atoms with Crippen LogP contribution >= 0.6 is 0 Å². The highest BCUT2D eigenvalue weighted by molar-refractivity contribution is 4.88. The molecule has 2 rings (SSSR count). The van der Waals surface area contributed by atoms with E-state index in [2.05, 4.69) is 19.2 Å². The Hall–Kier alpha value is -0.0400. The van der Waals surface area contributed by atoms with Gasteiger partial charge in [-0.15, -0.1) is 0 Å². The van der Waals surface area contributed by atoms with E-state index < -0.39 is 0 Å². The quantitative estimate of drug-likeness (QED) is 0.678. The van der Waals surface area contributed by atoms with Gasteiger partial charge in [0.15, 0.2) is 0 Å². The van der Waals surface area contributed by atoms with Crippen molar-refractivity contribution in [2.75, 3.05) is 6.54 Å². The van der Waals surface area contributed by atoms with Crippen LogP contribution in [0, 0.1) is 17.8 Å².